The van der Waals surface area contributed by atoms with Gasteiger partial charge in [-0.05, 0) is 12.5 Å². The molecule has 3 N–H and O–H groups in total. The van der Waals surface area contributed by atoms with E-state index in [1.54, 1.807) is 20.4 Å². The molecule has 2 aromatic heterocycles. The maximum atomic E-state index is 11.5. The molecular weight excluding hydrogens is 615 g/mol. The highest BCUT2D eigenvalue weighted by molar-refractivity contribution is 6.39. The molecule has 234 valence electrons. The predicted octanol–water partition coefficient (Wildman–Crippen LogP) is 4.74. The quantitative estimate of drug-likeness (QED) is 0.212. The smallest absolute Gasteiger partial charge is 0.237 e. The Balaban J connectivity index is 1.24. The summed E-state index contributed by atoms with van der Waals surface area (Å²) < 4.78 is 11.2. The van der Waals surface area contributed by atoms with E-state index in [1.807, 2.05) is 48.5 Å². The Morgan fingerprint density at radius 3 is 2.20 bits per heavy atom. The molecule has 4 heterocycles. The average molecular weight is 650 g/mol. The second-order valence-corrected chi connectivity index (χ2v) is 11.9. The fourth-order valence-corrected chi connectivity index (χ4v) is 6.36. The van der Waals surface area contributed by atoms with Crippen LogP contribution in [-0.2, 0) is 17.9 Å². The number of nitrogens with zero attached hydrogens (tertiary/aromatic N) is 4. The molecule has 2 saturated heterocycles. The summed E-state index contributed by atoms with van der Waals surface area (Å²) in [6, 6.07) is 15.5. The van der Waals surface area contributed by atoms with E-state index in [0.29, 0.717) is 83.6 Å². The summed E-state index contributed by atoms with van der Waals surface area (Å²) in [4.78, 5) is 27.7. The van der Waals surface area contributed by atoms with Crippen molar-refractivity contribution in [3.05, 3.63) is 76.0 Å². The third-order valence-electron chi connectivity index (χ3n) is 8.08. The molecule has 2 aliphatic rings. The third kappa shape index (κ3) is 6.75. The number of pyridine rings is 1. The Bertz CT molecular complexity index is 1720. The zero-order chi connectivity index (χ0) is 31.5. The number of amides is 1. The number of halogens is 2. The van der Waals surface area contributed by atoms with Crippen molar-refractivity contribution < 1.29 is 19.4 Å². The number of ether oxygens (including phenoxy) is 2. The highest BCUT2D eigenvalue weighted by Crippen LogP contribution is 2.42. The fraction of sp³-hybridized carbons (Fsp3) is 0.333. The number of likely N-dealkylation sites (tertiary alicyclic amines) is 1. The zero-order valence-corrected chi connectivity index (χ0v) is 26.5. The van der Waals surface area contributed by atoms with Crippen molar-refractivity contribution in [2.24, 2.45) is 0 Å². The summed E-state index contributed by atoms with van der Waals surface area (Å²) >= 11 is 14.1. The lowest BCUT2D eigenvalue weighted by Gasteiger charge is -2.35. The van der Waals surface area contributed by atoms with Crippen molar-refractivity contribution in [3.8, 4) is 45.4 Å². The van der Waals surface area contributed by atoms with Gasteiger partial charge >= 0.3 is 0 Å². The van der Waals surface area contributed by atoms with Crippen molar-refractivity contribution >= 4 is 29.1 Å². The van der Waals surface area contributed by atoms with Crippen molar-refractivity contribution in [1.82, 2.24) is 30.5 Å². The number of carbonyl (C=O) groups is 1. The topological polar surface area (TPSA) is 122 Å². The Kier molecular flexibility index (Phi) is 9.48. The van der Waals surface area contributed by atoms with E-state index in [-0.39, 0.29) is 18.1 Å². The first-order chi connectivity index (χ1) is 21.8. The van der Waals surface area contributed by atoms with Gasteiger partial charge in [0.2, 0.25) is 17.7 Å². The van der Waals surface area contributed by atoms with Crippen LogP contribution in [0.1, 0.15) is 24.1 Å². The molecule has 10 nitrogen and oxygen atoms in total. The van der Waals surface area contributed by atoms with Crippen LogP contribution < -0.4 is 20.1 Å². The van der Waals surface area contributed by atoms with Crippen LogP contribution >= 0.6 is 23.2 Å². The molecular formula is C33H34Cl2N6O4. The van der Waals surface area contributed by atoms with Gasteiger partial charge in [0.1, 0.15) is 5.69 Å². The molecule has 0 bridgehead atoms. The summed E-state index contributed by atoms with van der Waals surface area (Å²) in [5.74, 6) is 1.000. The van der Waals surface area contributed by atoms with Gasteiger partial charge in [-0.15, -0.1) is 0 Å². The van der Waals surface area contributed by atoms with Crippen LogP contribution in [0.4, 0.5) is 0 Å². The van der Waals surface area contributed by atoms with Gasteiger partial charge in [-0.2, -0.15) is 0 Å². The van der Waals surface area contributed by atoms with Gasteiger partial charge in [-0.1, -0.05) is 65.7 Å². The molecule has 0 aliphatic carbocycles. The van der Waals surface area contributed by atoms with Crippen molar-refractivity contribution in [3.63, 3.8) is 0 Å². The average Bonchev–Trinajstić information content (AvgIpc) is 3.45. The molecule has 0 saturated carbocycles. The SMILES string of the molecule is COc1nc(-c2cccc(-c3cccc(-c4cnc(CNC[C@@H]5CCC(=O)N5)c(OC)n4)c3Cl)c2Cl)ccc1CN1CC(O)C1. The molecule has 2 aliphatic heterocycles. The maximum Gasteiger partial charge on any atom is 0.237 e. The van der Waals surface area contributed by atoms with Gasteiger partial charge in [0.15, 0.2) is 0 Å². The third-order valence-corrected chi connectivity index (χ3v) is 8.89. The molecule has 12 heteroatoms. The molecule has 1 atom stereocenters. The molecule has 0 spiro atoms. The highest BCUT2D eigenvalue weighted by Gasteiger charge is 2.26. The molecule has 45 heavy (non-hydrogen) atoms. The monoisotopic (exact) mass is 648 g/mol. The summed E-state index contributed by atoms with van der Waals surface area (Å²) in [5.41, 5.74) is 5.77. The standard InChI is InChI=1S/C33H34Cl2N6O4/c1-44-32-19(16-41-17-21(42)18-41)9-11-26(39-32)24-7-3-5-22(30(24)34)23-6-4-8-25(31(23)35)27-15-37-28(33(40-27)45-2)14-36-13-20-10-12-29(43)38-20/h3-9,11,15,20-21,36,42H,10,12-14,16-18H2,1-2H3,(H,38,43)/t20-/m0/s1. The lowest BCUT2D eigenvalue weighted by molar-refractivity contribution is -0.119. The second kappa shape index (κ2) is 13.7. The molecule has 2 aromatic carbocycles. The van der Waals surface area contributed by atoms with Crippen LogP contribution in [0.5, 0.6) is 11.8 Å². The van der Waals surface area contributed by atoms with Gasteiger partial charge in [0, 0.05) is 73.0 Å². The van der Waals surface area contributed by atoms with Gasteiger partial charge < -0.3 is 25.2 Å². The van der Waals surface area contributed by atoms with Crippen LogP contribution in [0.3, 0.4) is 0 Å². The number of β-amino-alcohol motifs (C(OH)–C–C–N with tert-alkyl or cyclic N) is 1. The molecule has 0 radical (unpaired) electrons. The van der Waals surface area contributed by atoms with Crippen LogP contribution in [0.15, 0.2) is 54.7 Å². The van der Waals surface area contributed by atoms with E-state index in [4.69, 9.17) is 42.6 Å². The number of methoxy groups -OCH3 is 2. The number of carbonyl (C=O) groups excluding carboxylic acids is 1. The highest BCUT2D eigenvalue weighted by atomic mass is 35.5. The number of hydrogen-bond acceptors (Lipinski definition) is 9. The van der Waals surface area contributed by atoms with E-state index in [1.165, 1.54) is 0 Å². The number of aromatic nitrogens is 3. The molecule has 1 amide bonds. The molecule has 2 fully saturated rings. The van der Waals surface area contributed by atoms with Gasteiger partial charge in [0.25, 0.3) is 0 Å². The Morgan fingerprint density at radius 2 is 1.58 bits per heavy atom. The van der Waals surface area contributed by atoms with Gasteiger partial charge in [-0.3, -0.25) is 14.7 Å². The normalized spacial score (nSPS) is 16.8. The van der Waals surface area contributed by atoms with Gasteiger partial charge in [-0.25, -0.2) is 9.97 Å². The van der Waals surface area contributed by atoms with Crippen LogP contribution in [-0.4, -0.2) is 76.9 Å². The van der Waals surface area contributed by atoms with E-state index >= 15 is 0 Å². The molecule has 4 aromatic rings. The minimum atomic E-state index is -0.273. The Labute approximate surface area is 271 Å². The lowest BCUT2D eigenvalue weighted by atomic mass is 9.98. The van der Waals surface area contributed by atoms with Crippen molar-refractivity contribution in [1.29, 1.82) is 0 Å². The van der Waals surface area contributed by atoms with Gasteiger partial charge in [0.05, 0.1) is 48.0 Å². The summed E-state index contributed by atoms with van der Waals surface area (Å²) in [5, 5.41) is 16.9. The number of aliphatic hydroxyl groups is 1. The van der Waals surface area contributed by atoms with E-state index in [0.717, 1.165) is 28.7 Å². The van der Waals surface area contributed by atoms with Crippen LogP contribution in [0.2, 0.25) is 10.0 Å². The molecule has 6 rings (SSSR count). The lowest BCUT2D eigenvalue weighted by Crippen LogP contribution is -2.49. The Morgan fingerprint density at radius 1 is 0.933 bits per heavy atom. The van der Waals surface area contributed by atoms with Crippen LogP contribution in [0, 0.1) is 0 Å². The maximum absolute atomic E-state index is 11.5. The number of aliphatic hydroxyl groups excluding tert-OH is 1. The minimum absolute atomic E-state index is 0.0852. The zero-order valence-electron chi connectivity index (χ0n) is 25.0. The number of nitrogens with one attached hydrogen (secondary N) is 2. The van der Waals surface area contributed by atoms with E-state index in [9.17, 15) is 9.90 Å². The summed E-state index contributed by atoms with van der Waals surface area (Å²) in [7, 11) is 3.16. The fourth-order valence-electron chi connectivity index (χ4n) is 5.71. The van der Waals surface area contributed by atoms with E-state index < -0.39 is 0 Å². The predicted molar refractivity (Wildman–Crippen MR) is 173 cm³/mol. The van der Waals surface area contributed by atoms with Crippen molar-refractivity contribution in [2.75, 3.05) is 33.9 Å². The van der Waals surface area contributed by atoms with E-state index in [2.05, 4.69) is 20.5 Å². The van der Waals surface area contributed by atoms with Crippen LogP contribution in [0.25, 0.3) is 33.6 Å². The minimum Gasteiger partial charge on any atom is -0.481 e. The number of benzene rings is 2. The molecule has 0 unspecified atom stereocenters. The first kappa shape index (κ1) is 31.2. The Hall–Kier alpha value is -3.80. The second-order valence-electron chi connectivity index (χ2n) is 11.2. The number of rotatable bonds is 11. The first-order valence-corrected chi connectivity index (χ1v) is 15.5. The number of hydrogen-bond donors (Lipinski definition) is 3. The van der Waals surface area contributed by atoms with Crippen molar-refractivity contribution in [2.45, 2.75) is 38.1 Å². The first-order valence-electron chi connectivity index (χ1n) is 14.8. The summed E-state index contributed by atoms with van der Waals surface area (Å²) in [6.45, 7) is 3.01. The largest absolute Gasteiger partial charge is 0.481 e. The summed E-state index contributed by atoms with van der Waals surface area (Å²) in [6.07, 6.45) is 2.78.